The van der Waals surface area contributed by atoms with E-state index in [9.17, 15) is 24.3 Å². The number of benzene rings is 1. The fourth-order valence-corrected chi connectivity index (χ4v) is 6.39. The van der Waals surface area contributed by atoms with Gasteiger partial charge in [-0.3, -0.25) is 9.59 Å². The summed E-state index contributed by atoms with van der Waals surface area (Å²) in [5.74, 6) is -1.70. The topological polar surface area (TPSA) is 178 Å². The van der Waals surface area contributed by atoms with Crippen molar-refractivity contribution in [3.05, 3.63) is 35.4 Å². The van der Waals surface area contributed by atoms with Gasteiger partial charge in [-0.1, -0.05) is 43.5 Å². The second-order valence-electron chi connectivity index (χ2n) is 13.7. The normalized spacial score (nSPS) is 27.1. The molecule has 3 amide bonds. The molecule has 2 aromatic rings. The van der Waals surface area contributed by atoms with Crippen LogP contribution in [0.25, 0.3) is 11.4 Å². The lowest BCUT2D eigenvalue weighted by molar-refractivity contribution is -0.145. The van der Waals surface area contributed by atoms with Gasteiger partial charge in [-0.2, -0.15) is 4.80 Å². The van der Waals surface area contributed by atoms with Gasteiger partial charge in [-0.25, -0.2) is 9.59 Å². The molecular formula is C33H44ClN7O7. The van der Waals surface area contributed by atoms with Crippen LogP contribution in [-0.2, 0) is 19.1 Å². The third kappa shape index (κ3) is 8.08. The van der Waals surface area contributed by atoms with Crippen LogP contribution in [-0.4, -0.2) is 90.5 Å². The minimum Gasteiger partial charge on any atom is -0.492 e. The molecule has 5 atom stereocenters. The quantitative estimate of drug-likeness (QED) is 0.356. The summed E-state index contributed by atoms with van der Waals surface area (Å²) in [5.41, 5.74) is -1.62. The Bertz CT molecular complexity index is 1560. The fraction of sp³-hybridized carbons (Fsp3) is 0.606. The first kappa shape index (κ1) is 35.1. The first-order valence-electron chi connectivity index (χ1n) is 16.6. The first-order chi connectivity index (χ1) is 22.8. The molecular weight excluding hydrogens is 642 g/mol. The van der Waals surface area contributed by atoms with Crippen LogP contribution in [0.15, 0.2) is 30.4 Å². The van der Waals surface area contributed by atoms with E-state index in [2.05, 4.69) is 26.0 Å². The summed E-state index contributed by atoms with van der Waals surface area (Å²) in [6.07, 6.45) is 7.62. The highest BCUT2D eigenvalue weighted by atomic mass is 35.5. The van der Waals surface area contributed by atoms with E-state index in [4.69, 9.17) is 21.1 Å². The molecule has 1 aromatic carbocycles. The van der Waals surface area contributed by atoms with Crippen LogP contribution < -0.4 is 15.4 Å². The van der Waals surface area contributed by atoms with Crippen molar-refractivity contribution in [3.8, 4) is 17.1 Å². The number of nitrogens with zero attached hydrogens (tertiary/aromatic N) is 5. The molecule has 2 fully saturated rings. The third-order valence-electron chi connectivity index (χ3n) is 8.74. The van der Waals surface area contributed by atoms with Crippen molar-refractivity contribution in [1.82, 2.24) is 35.7 Å². The van der Waals surface area contributed by atoms with Crippen molar-refractivity contribution in [1.29, 1.82) is 0 Å². The number of rotatable bonds is 7. The van der Waals surface area contributed by atoms with Gasteiger partial charge in [0.25, 0.3) is 0 Å². The molecule has 1 aromatic heterocycles. The lowest BCUT2D eigenvalue weighted by Gasteiger charge is -2.30. The number of alkyl carbamates (subject to hydrolysis) is 1. The zero-order valence-electron chi connectivity index (χ0n) is 27.8. The van der Waals surface area contributed by atoms with Crippen molar-refractivity contribution in [3.63, 3.8) is 0 Å². The molecule has 260 valence electrons. The van der Waals surface area contributed by atoms with Crippen LogP contribution in [0, 0.1) is 5.92 Å². The number of hydrogen-bond acceptors (Lipinski definition) is 9. The van der Waals surface area contributed by atoms with Gasteiger partial charge in [0, 0.05) is 24.4 Å². The maximum Gasteiger partial charge on any atom is 0.408 e. The molecule has 0 bridgehead atoms. The molecule has 3 aliphatic rings. The molecule has 1 saturated carbocycles. The summed E-state index contributed by atoms with van der Waals surface area (Å²) in [6, 6.07) is 2.61. The Labute approximate surface area is 284 Å². The SMILES string of the molecule is CCCOc1ccc(-c2nnn([C@@H]3CC4C(=O)NC5(C(=O)O)CC5/C=C\CCCCCC(NC(=O)OC(C)(C)C)C(=O)N4C3)n2)cc1Cl. The number of amides is 3. The molecule has 2 aliphatic heterocycles. The van der Waals surface area contributed by atoms with Crippen LogP contribution in [0.5, 0.6) is 5.75 Å². The molecule has 3 heterocycles. The molecule has 15 heteroatoms. The van der Waals surface area contributed by atoms with E-state index in [-0.39, 0.29) is 25.3 Å². The van der Waals surface area contributed by atoms with Crippen LogP contribution in [0.2, 0.25) is 5.02 Å². The summed E-state index contributed by atoms with van der Waals surface area (Å²) in [6.45, 7) is 7.75. The number of fused-ring (bicyclic) bond motifs is 2. The number of aromatic nitrogens is 4. The van der Waals surface area contributed by atoms with Crippen molar-refractivity contribution in [2.75, 3.05) is 13.2 Å². The van der Waals surface area contributed by atoms with E-state index in [1.54, 1.807) is 39.0 Å². The fourth-order valence-electron chi connectivity index (χ4n) is 6.16. The number of allylic oxidation sites excluding steroid dienone is 1. The van der Waals surface area contributed by atoms with Gasteiger partial charge in [0.05, 0.1) is 17.7 Å². The lowest BCUT2D eigenvalue weighted by atomic mass is 10.0. The van der Waals surface area contributed by atoms with Gasteiger partial charge in [0.1, 0.15) is 29.0 Å². The largest absolute Gasteiger partial charge is 0.492 e. The molecule has 0 spiro atoms. The molecule has 3 N–H and O–H groups in total. The summed E-state index contributed by atoms with van der Waals surface area (Å²) in [5, 5.41) is 29.0. The predicted octanol–water partition coefficient (Wildman–Crippen LogP) is 4.30. The van der Waals surface area contributed by atoms with Crippen molar-refractivity contribution >= 4 is 35.5 Å². The number of hydrogen-bond donors (Lipinski definition) is 3. The van der Waals surface area contributed by atoms with Gasteiger partial charge >= 0.3 is 12.1 Å². The Balaban J connectivity index is 1.42. The smallest absolute Gasteiger partial charge is 0.408 e. The molecule has 4 unspecified atom stereocenters. The van der Waals surface area contributed by atoms with E-state index >= 15 is 0 Å². The number of carbonyl (C=O) groups is 4. The Morgan fingerprint density at radius 1 is 1.21 bits per heavy atom. The molecule has 1 aliphatic carbocycles. The minimum absolute atomic E-state index is 0.0349. The predicted molar refractivity (Wildman–Crippen MR) is 175 cm³/mol. The lowest BCUT2D eigenvalue weighted by Crippen LogP contribution is -2.56. The highest BCUT2D eigenvalue weighted by Gasteiger charge is 2.61. The highest BCUT2D eigenvalue weighted by Crippen LogP contribution is 2.45. The zero-order chi connectivity index (χ0) is 34.6. The van der Waals surface area contributed by atoms with Gasteiger partial charge < -0.3 is 30.1 Å². The number of halogens is 1. The van der Waals surface area contributed by atoms with Crippen LogP contribution in [0.1, 0.15) is 85.1 Å². The van der Waals surface area contributed by atoms with Gasteiger partial charge in [-0.05, 0) is 76.3 Å². The van der Waals surface area contributed by atoms with Crippen molar-refractivity contribution in [2.24, 2.45) is 5.92 Å². The van der Waals surface area contributed by atoms with Gasteiger partial charge in [-0.15, -0.1) is 10.2 Å². The average Bonchev–Trinajstić information content (AvgIpc) is 3.32. The maximum atomic E-state index is 14.2. The molecule has 1 saturated heterocycles. The van der Waals surface area contributed by atoms with E-state index in [0.717, 1.165) is 25.7 Å². The Morgan fingerprint density at radius 2 is 2.00 bits per heavy atom. The molecule has 0 radical (unpaired) electrons. The van der Waals surface area contributed by atoms with Gasteiger partial charge in [0.2, 0.25) is 17.6 Å². The summed E-state index contributed by atoms with van der Waals surface area (Å²) >= 11 is 6.43. The minimum atomic E-state index is -1.44. The third-order valence-corrected chi connectivity index (χ3v) is 9.03. The molecule has 5 rings (SSSR count). The standard InChI is InChI=1S/C33H44ClN7O7/c1-5-15-47-26-14-13-20(16-23(26)34)27-37-39-41(38-27)22-17-25-28(42)36-33(30(44)45)18-21(33)11-9-7-6-8-10-12-24(29(43)40(25)19-22)35-31(46)48-32(2,3)4/h9,11,13-14,16,21-22,24-25H,5-8,10,12,15,17-19H2,1-4H3,(H,35,46)(H,36,42)(H,44,45)/b11-9-/t21?,22-,24?,25?,33?/m1/s1. The Morgan fingerprint density at radius 3 is 2.71 bits per heavy atom. The monoisotopic (exact) mass is 685 g/mol. The van der Waals surface area contributed by atoms with Crippen molar-refractivity contribution in [2.45, 2.75) is 108 Å². The maximum absolute atomic E-state index is 14.2. The van der Waals surface area contributed by atoms with E-state index in [1.807, 2.05) is 19.1 Å². The number of aliphatic carboxylic acids is 1. The number of nitrogens with one attached hydrogen (secondary N) is 2. The first-order valence-corrected chi connectivity index (χ1v) is 16.9. The number of ether oxygens (including phenoxy) is 2. The van der Waals surface area contributed by atoms with Gasteiger partial charge in [0.15, 0.2) is 0 Å². The number of tetrazole rings is 1. The summed E-state index contributed by atoms with van der Waals surface area (Å²) in [7, 11) is 0. The number of carboxylic acid groups (broad SMARTS) is 1. The van der Waals surface area contributed by atoms with Crippen LogP contribution in [0.3, 0.4) is 0 Å². The molecule has 14 nitrogen and oxygen atoms in total. The number of carboxylic acids is 1. The van der Waals surface area contributed by atoms with Crippen LogP contribution in [0.4, 0.5) is 4.79 Å². The Kier molecular flexibility index (Phi) is 10.6. The Hall–Kier alpha value is -4.20. The van der Waals surface area contributed by atoms with E-state index < -0.39 is 53.1 Å². The number of carbonyl (C=O) groups excluding carboxylic acids is 3. The van der Waals surface area contributed by atoms with Crippen LogP contribution >= 0.6 is 11.6 Å². The summed E-state index contributed by atoms with van der Waals surface area (Å²) < 4.78 is 11.1. The average molecular weight is 686 g/mol. The second kappa shape index (κ2) is 14.5. The highest BCUT2D eigenvalue weighted by molar-refractivity contribution is 6.32. The van der Waals surface area contributed by atoms with E-state index in [1.165, 1.54) is 9.70 Å². The second-order valence-corrected chi connectivity index (χ2v) is 14.1. The zero-order valence-corrected chi connectivity index (χ0v) is 28.5. The van der Waals surface area contributed by atoms with E-state index in [0.29, 0.717) is 41.6 Å². The summed E-state index contributed by atoms with van der Waals surface area (Å²) in [4.78, 5) is 56.1. The molecule has 48 heavy (non-hydrogen) atoms. The van der Waals surface area contributed by atoms with Crippen molar-refractivity contribution < 1.29 is 33.8 Å².